The van der Waals surface area contributed by atoms with Crippen LogP contribution < -0.4 is 5.32 Å². The smallest absolute Gasteiger partial charge is 0.224 e. The lowest BCUT2D eigenvalue weighted by Crippen LogP contribution is -2.51. The van der Waals surface area contributed by atoms with Gasteiger partial charge in [0.2, 0.25) is 5.91 Å². The standard InChI is InChI=1S/C24H38N4O/c1-2-24(10-5-11-24)19-26-23(29)21-7-4-13-28(18-21)22-8-14-27(15-9-22)17-20-6-3-12-25-16-20/h3,6,12,16,21-22H,2,4-5,7-11,13-15,17-19H2,1H3,(H,26,29). The number of carbonyl (C=O) groups is 1. The van der Waals surface area contributed by atoms with Gasteiger partial charge in [-0.25, -0.2) is 0 Å². The zero-order valence-electron chi connectivity index (χ0n) is 18.1. The highest BCUT2D eigenvalue weighted by Crippen LogP contribution is 2.43. The quantitative estimate of drug-likeness (QED) is 0.764. The Kier molecular flexibility index (Phi) is 6.86. The monoisotopic (exact) mass is 398 g/mol. The Balaban J connectivity index is 1.22. The van der Waals surface area contributed by atoms with Crippen LogP contribution in [0.1, 0.15) is 63.9 Å². The fourth-order valence-electron chi connectivity index (χ4n) is 5.50. The topological polar surface area (TPSA) is 48.5 Å². The van der Waals surface area contributed by atoms with Crippen LogP contribution in [-0.4, -0.2) is 59.5 Å². The molecule has 1 N–H and O–H groups in total. The first-order chi connectivity index (χ1) is 14.2. The van der Waals surface area contributed by atoms with Gasteiger partial charge in [-0.2, -0.15) is 0 Å². The van der Waals surface area contributed by atoms with Crippen LogP contribution in [0.25, 0.3) is 0 Å². The molecule has 3 heterocycles. The predicted molar refractivity (Wildman–Crippen MR) is 116 cm³/mol. The third kappa shape index (κ3) is 5.18. The van der Waals surface area contributed by atoms with E-state index in [0.29, 0.717) is 17.4 Å². The summed E-state index contributed by atoms with van der Waals surface area (Å²) in [5, 5.41) is 3.32. The molecule has 1 saturated carbocycles. The van der Waals surface area contributed by atoms with Gasteiger partial charge in [-0.1, -0.05) is 19.4 Å². The molecular formula is C24H38N4O. The minimum Gasteiger partial charge on any atom is -0.355 e. The lowest BCUT2D eigenvalue weighted by molar-refractivity contribution is -0.128. The van der Waals surface area contributed by atoms with Crippen molar-refractivity contribution in [2.45, 2.75) is 70.9 Å². The summed E-state index contributed by atoms with van der Waals surface area (Å²) >= 11 is 0. The highest BCUT2D eigenvalue weighted by molar-refractivity contribution is 5.79. The first-order valence-corrected chi connectivity index (χ1v) is 11.8. The molecule has 3 fully saturated rings. The number of pyridine rings is 1. The van der Waals surface area contributed by atoms with Gasteiger partial charge in [0.05, 0.1) is 5.92 Å². The summed E-state index contributed by atoms with van der Waals surface area (Å²) in [6, 6.07) is 4.83. The van der Waals surface area contributed by atoms with Gasteiger partial charge in [0.1, 0.15) is 0 Å². The summed E-state index contributed by atoms with van der Waals surface area (Å²) in [7, 11) is 0. The maximum Gasteiger partial charge on any atom is 0.224 e. The summed E-state index contributed by atoms with van der Waals surface area (Å²) in [6.45, 7) is 8.58. The van der Waals surface area contributed by atoms with Crippen molar-refractivity contribution in [3.8, 4) is 0 Å². The molecule has 1 unspecified atom stereocenters. The average Bonchev–Trinajstić information content (AvgIpc) is 2.74. The van der Waals surface area contributed by atoms with Crippen LogP contribution >= 0.6 is 0 Å². The molecule has 0 aromatic carbocycles. The van der Waals surface area contributed by atoms with Gasteiger partial charge in [0.15, 0.2) is 0 Å². The van der Waals surface area contributed by atoms with Crippen molar-refractivity contribution in [2.24, 2.45) is 11.3 Å². The molecule has 3 aliphatic rings. The highest BCUT2D eigenvalue weighted by Gasteiger charge is 2.37. The number of likely N-dealkylation sites (tertiary alicyclic amines) is 2. The van der Waals surface area contributed by atoms with Gasteiger partial charge in [0.25, 0.3) is 0 Å². The van der Waals surface area contributed by atoms with E-state index in [1.54, 1.807) is 0 Å². The first kappa shape index (κ1) is 20.8. The van der Waals surface area contributed by atoms with E-state index >= 15 is 0 Å². The summed E-state index contributed by atoms with van der Waals surface area (Å²) in [5.74, 6) is 0.495. The molecule has 4 rings (SSSR count). The van der Waals surface area contributed by atoms with E-state index in [4.69, 9.17) is 0 Å². The first-order valence-electron chi connectivity index (χ1n) is 11.8. The Hall–Kier alpha value is -1.46. The number of aromatic nitrogens is 1. The molecule has 5 heteroatoms. The Morgan fingerprint density at radius 3 is 2.69 bits per heavy atom. The van der Waals surface area contributed by atoms with Crippen molar-refractivity contribution in [3.05, 3.63) is 30.1 Å². The van der Waals surface area contributed by atoms with Crippen LogP contribution in [-0.2, 0) is 11.3 Å². The Morgan fingerprint density at radius 2 is 2.03 bits per heavy atom. The zero-order valence-corrected chi connectivity index (χ0v) is 18.1. The second-order valence-electron chi connectivity index (χ2n) is 9.63. The van der Waals surface area contributed by atoms with Crippen molar-refractivity contribution in [2.75, 3.05) is 32.7 Å². The summed E-state index contributed by atoms with van der Waals surface area (Å²) < 4.78 is 0. The number of rotatable bonds is 7. The number of nitrogens with zero attached hydrogens (tertiary/aromatic N) is 3. The number of carbonyl (C=O) groups excluding carboxylic acids is 1. The third-order valence-corrected chi connectivity index (χ3v) is 7.83. The minimum atomic E-state index is 0.186. The SMILES string of the molecule is CCC1(CNC(=O)C2CCCN(C3CCN(Cc4cccnc4)CC3)C2)CCC1. The van der Waals surface area contributed by atoms with Gasteiger partial charge < -0.3 is 5.32 Å². The largest absolute Gasteiger partial charge is 0.355 e. The van der Waals surface area contributed by atoms with Gasteiger partial charge in [-0.15, -0.1) is 0 Å². The molecule has 1 aromatic heterocycles. The van der Waals surface area contributed by atoms with E-state index < -0.39 is 0 Å². The Bertz CT molecular complexity index is 647. The number of amides is 1. The molecule has 0 spiro atoms. The van der Waals surface area contributed by atoms with Crippen molar-refractivity contribution < 1.29 is 4.79 Å². The minimum absolute atomic E-state index is 0.186. The molecule has 29 heavy (non-hydrogen) atoms. The molecule has 0 bridgehead atoms. The molecule has 160 valence electrons. The highest BCUT2D eigenvalue weighted by atomic mass is 16.1. The fourth-order valence-corrected chi connectivity index (χ4v) is 5.50. The van der Waals surface area contributed by atoms with Crippen LogP contribution in [0.3, 0.4) is 0 Å². The molecular weight excluding hydrogens is 360 g/mol. The number of nitrogens with one attached hydrogen (secondary N) is 1. The van der Waals surface area contributed by atoms with Gasteiger partial charge in [0, 0.05) is 38.1 Å². The van der Waals surface area contributed by atoms with Crippen molar-refractivity contribution in [1.82, 2.24) is 20.1 Å². The predicted octanol–water partition coefficient (Wildman–Crippen LogP) is 3.45. The van der Waals surface area contributed by atoms with Crippen molar-refractivity contribution in [3.63, 3.8) is 0 Å². The third-order valence-electron chi connectivity index (χ3n) is 7.83. The van der Waals surface area contributed by atoms with E-state index in [1.807, 2.05) is 18.5 Å². The second kappa shape index (κ2) is 9.57. The van der Waals surface area contributed by atoms with Crippen LogP contribution in [0.5, 0.6) is 0 Å². The molecule has 1 amide bonds. The average molecular weight is 399 g/mol. The molecule has 5 nitrogen and oxygen atoms in total. The van der Waals surface area contributed by atoms with E-state index in [9.17, 15) is 4.79 Å². The number of hydrogen-bond donors (Lipinski definition) is 1. The second-order valence-corrected chi connectivity index (χ2v) is 9.63. The van der Waals surface area contributed by atoms with E-state index in [0.717, 1.165) is 52.1 Å². The maximum atomic E-state index is 12.8. The number of piperidine rings is 2. The lowest BCUT2D eigenvalue weighted by atomic mass is 9.67. The Labute approximate surface area is 176 Å². The van der Waals surface area contributed by atoms with Gasteiger partial charge in [-0.05, 0) is 81.6 Å². The van der Waals surface area contributed by atoms with E-state index in [2.05, 4.69) is 33.1 Å². The number of hydrogen-bond acceptors (Lipinski definition) is 4. The van der Waals surface area contributed by atoms with Crippen LogP contribution in [0.15, 0.2) is 24.5 Å². The molecule has 1 aromatic rings. The van der Waals surface area contributed by atoms with E-state index in [-0.39, 0.29) is 5.92 Å². The van der Waals surface area contributed by atoms with Crippen molar-refractivity contribution in [1.29, 1.82) is 0 Å². The van der Waals surface area contributed by atoms with Crippen LogP contribution in [0.4, 0.5) is 0 Å². The zero-order chi connectivity index (χ0) is 20.1. The molecule has 2 aliphatic heterocycles. The van der Waals surface area contributed by atoms with Crippen LogP contribution in [0.2, 0.25) is 0 Å². The molecule has 2 saturated heterocycles. The molecule has 1 atom stereocenters. The Morgan fingerprint density at radius 1 is 1.21 bits per heavy atom. The van der Waals surface area contributed by atoms with Gasteiger partial charge in [-0.3, -0.25) is 19.6 Å². The summed E-state index contributed by atoms with van der Waals surface area (Å²) in [4.78, 5) is 22.2. The van der Waals surface area contributed by atoms with Crippen LogP contribution in [0, 0.1) is 11.3 Å². The summed E-state index contributed by atoms with van der Waals surface area (Å²) in [5.41, 5.74) is 1.71. The van der Waals surface area contributed by atoms with E-state index in [1.165, 1.54) is 44.1 Å². The summed E-state index contributed by atoms with van der Waals surface area (Å²) in [6.07, 6.45) is 13.6. The lowest BCUT2D eigenvalue weighted by Gasteiger charge is -2.43. The molecule has 0 radical (unpaired) electrons. The van der Waals surface area contributed by atoms with Crippen molar-refractivity contribution >= 4 is 5.91 Å². The normalized spacial score (nSPS) is 26.0. The maximum absolute atomic E-state index is 12.8. The van der Waals surface area contributed by atoms with Gasteiger partial charge >= 0.3 is 0 Å². The molecule has 1 aliphatic carbocycles. The fraction of sp³-hybridized carbons (Fsp3) is 0.750.